The van der Waals surface area contributed by atoms with E-state index in [2.05, 4.69) is 5.10 Å². The number of carbonyl (C=O) groups is 1. The minimum absolute atomic E-state index is 0.0968. The van der Waals surface area contributed by atoms with E-state index in [-0.39, 0.29) is 5.91 Å². The van der Waals surface area contributed by atoms with Gasteiger partial charge in [0.05, 0.1) is 13.2 Å². The summed E-state index contributed by atoms with van der Waals surface area (Å²) in [5.41, 5.74) is -0.624. The van der Waals surface area contributed by atoms with Crippen molar-refractivity contribution in [3.63, 3.8) is 0 Å². The van der Waals surface area contributed by atoms with Crippen molar-refractivity contribution < 1.29 is 9.53 Å². The third-order valence-electron chi connectivity index (χ3n) is 2.90. The second-order valence-electron chi connectivity index (χ2n) is 4.41. The Morgan fingerprint density at radius 1 is 1.38 bits per heavy atom. The van der Waals surface area contributed by atoms with E-state index in [0.29, 0.717) is 26.3 Å². The SMILES string of the molecule is CC(C)(C(=O)N1CCOCC1)n1cccn1. The fraction of sp³-hybridized carbons (Fsp3) is 0.636. The largest absolute Gasteiger partial charge is 0.378 e. The molecular formula is C11H17N3O2. The number of hydrogen-bond donors (Lipinski definition) is 0. The molecule has 1 aromatic rings. The first kappa shape index (κ1) is 11.1. The molecule has 1 fully saturated rings. The second kappa shape index (κ2) is 4.25. The molecule has 0 spiro atoms. The van der Waals surface area contributed by atoms with Crippen LogP contribution in [-0.4, -0.2) is 46.9 Å². The normalized spacial score (nSPS) is 17.5. The highest BCUT2D eigenvalue weighted by Crippen LogP contribution is 2.18. The van der Waals surface area contributed by atoms with Crippen molar-refractivity contribution in [2.45, 2.75) is 19.4 Å². The zero-order valence-corrected chi connectivity index (χ0v) is 9.72. The maximum Gasteiger partial charge on any atom is 0.250 e. The highest BCUT2D eigenvalue weighted by Gasteiger charge is 2.34. The molecule has 1 aromatic heterocycles. The number of amides is 1. The molecule has 5 nitrogen and oxygen atoms in total. The zero-order valence-electron chi connectivity index (χ0n) is 9.72. The molecular weight excluding hydrogens is 206 g/mol. The molecule has 0 saturated carbocycles. The summed E-state index contributed by atoms with van der Waals surface area (Å²) in [7, 11) is 0. The van der Waals surface area contributed by atoms with Gasteiger partial charge in [-0.15, -0.1) is 0 Å². The number of ether oxygens (including phenoxy) is 1. The molecule has 0 bridgehead atoms. The standard InChI is InChI=1S/C11H17N3O2/c1-11(2,14-5-3-4-12-14)10(15)13-6-8-16-9-7-13/h3-5H,6-9H2,1-2H3. The average molecular weight is 223 g/mol. The number of morpholine rings is 1. The lowest BCUT2D eigenvalue weighted by Crippen LogP contribution is -2.51. The maximum absolute atomic E-state index is 12.3. The van der Waals surface area contributed by atoms with Crippen LogP contribution in [-0.2, 0) is 15.1 Å². The Morgan fingerprint density at radius 3 is 2.62 bits per heavy atom. The summed E-state index contributed by atoms with van der Waals surface area (Å²) in [4.78, 5) is 14.2. The minimum atomic E-state index is -0.624. The Hall–Kier alpha value is -1.36. The van der Waals surface area contributed by atoms with E-state index in [4.69, 9.17) is 4.74 Å². The number of hydrogen-bond acceptors (Lipinski definition) is 3. The summed E-state index contributed by atoms with van der Waals surface area (Å²) in [6.45, 7) is 6.37. The highest BCUT2D eigenvalue weighted by atomic mass is 16.5. The number of aromatic nitrogens is 2. The molecule has 1 saturated heterocycles. The van der Waals surface area contributed by atoms with E-state index in [1.54, 1.807) is 10.9 Å². The first-order chi connectivity index (χ1) is 7.62. The lowest BCUT2D eigenvalue weighted by atomic mass is 10.0. The average Bonchev–Trinajstić information content (AvgIpc) is 2.83. The van der Waals surface area contributed by atoms with Gasteiger partial charge in [-0.3, -0.25) is 9.48 Å². The molecule has 16 heavy (non-hydrogen) atoms. The fourth-order valence-electron chi connectivity index (χ4n) is 1.85. The summed E-state index contributed by atoms with van der Waals surface area (Å²) < 4.78 is 6.94. The van der Waals surface area contributed by atoms with Crippen LogP contribution in [0.2, 0.25) is 0 Å². The van der Waals surface area contributed by atoms with Crippen LogP contribution in [0.1, 0.15) is 13.8 Å². The molecule has 0 atom stereocenters. The number of rotatable bonds is 2. The van der Waals surface area contributed by atoms with Crippen molar-refractivity contribution in [1.82, 2.24) is 14.7 Å². The monoisotopic (exact) mass is 223 g/mol. The van der Waals surface area contributed by atoms with Crippen molar-refractivity contribution in [3.05, 3.63) is 18.5 Å². The Balaban J connectivity index is 2.13. The summed E-state index contributed by atoms with van der Waals surface area (Å²) in [6.07, 6.45) is 3.51. The van der Waals surface area contributed by atoms with Crippen molar-refractivity contribution in [2.75, 3.05) is 26.3 Å². The van der Waals surface area contributed by atoms with Crippen LogP contribution in [0.5, 0.6) is 0 Å². The quantitative estimate of drug-likeness (QED) is 0.732. The molecule has 0 aliphatic carbocycles. The van der Waals surface area contributed by atoms with Gasteiger partial charge in [0, 0.05) is 25.5 Å². The molecule has 0 radical (unpaired) electrons. The Bertz CT molecular complexity index is 353. The van der Waals surface area contributed by atoms with Gasteiger partial charge in [-0.1, -0.05) is 0 Å². The van der Waals surface area contributed by atoms with Gasteiger partial charge in [-0.2, -0.15) is 5.10 Å². The van der Waals surface area contributed by atoms with Crippen LogP contribution < -0.4 is 0 Å². The summed E-state index contributed by atoms with van der Waals surface area (Å²) >= 11 is 0. The van der Waals surface area contributed by atoms with Crippen LogP contribution in [0, 0.1) is 0 Å². The summed E-state index contributed by atoms with van der Waals surface area (Å²) in [5.74, 6) is 0.0968. The number of nitrogens with zero attached hydrogens (tertiary/aromatic N) is 3. The molecule has 0 unspecified atom stereocenters. The molecule has 0 N–H and O–H groups in total. The van der Waals surface area contributed by atoms with Crippen molar-refractivity contribution in [1.29, 1.82) is 0 Å². The van der Waals surface area contributed by atoms with Gasteiger partial charge in [0.25, 0.3) is 0 Å². The third-order valence-corrected chi connectivity index (χ3v) is 2.90. The van der Waals surface area contributed by atoms with Crippen LogP contribution in [0.25, 0.3) is 0 Å². The Labute approximate surface area is 95.0 Å². The number of carbonyl (C=O) groups excluding carboxylic acids is 1. The van der Waals surface area contributed by atoms with Crippen molar-refractivity contribution >= 4 is 5.91 Å². The molecule has 2 rings (SSSR count). The third kappa shape index (κ3) is 1.95. The Morgan fingerprint density at radius 2 is 2.06 bits per heavy atom. The van der Waals surface area contributed by atoms with Gasteiger partial charge >= 0.3 is 0 Å². The van der Waals surface area contributed by atoms with Gasteiger partial charge in [0.1, 0.15) is 5.54 Å². The second-order valence-corrected chi connectivity index (χ2v) is 4.41. The van der Waals surface area contributed by atoms with Crippen molar-refractivity contribution in [2.24, 2.45) is 0 Å². The maximum atomic E-state index is 12.3. The molecule has 1 aliphatic heterocycles. The van der Waals surface area contributed by atoms with E-state index in [0.717, 1.165) is 0 Å². The van der Waals surface area contributed by atoms with Gasteiger partial charge in [0.2, 0.25) is 5.91 Å². The van der Waals surface area contributed by atoms with E-state index in [1.165, 1.54) is 0 Å². The molecule has 2 heterocycles. The summed E-state index contributed by atoms with van der Waals surface area (Å²) in [5, 5.41) is 4.14. The molecule has 1 amide bonds. The minimum Gasteiger partial charge on any atom is -0.378 e. The van der Waals surface area contributed by atoms with Crippen LogP contribution in [0.3, 0.4) is 0 Å². The molecule has 1 aliphatic rings. The highest BCUT2D eigenvalue weighted by molar-refractivity contribution is 5.83. The smallest absolute Gasteiger partial charge is 0.250 e. The Kier molecular flexibility index (Phi) is 2.96. The van der Waals surface area contributed by atoms with Crippen LogP contribution in [0.4, 0.5) is 0 Å². The first-order valence-electron chi connectivity index (χ1n) is 5.49. The fourth-order valence-corrected chi connectivity index (χ4v) is 1.85. The zero-order chi connectivity index (χ0) is 11.6. The molecule has 88 valence electrons. The van der Waals surface area contributed by atoms with E-state index < -0.39 is 5.54 Å². The lowest BCUT2D eigenvalue weighted by molar-refractivity contribution is -0.143. The first-order valence-corrected chi connectivity index (χ1v) is 5.49. The van der Waals surface area contributed by atoms with E-state index in [9.17, 15) is 4.79 Å². The predicted octanol–water partition coefficient (Wildman–Crippen LogP) is 0.477. The van der Waals surface area contributed by atoms with E-state index >= 15 is 0 Å². The van der Waals surface area contributed by atoms with Crippen LogP contribution >= 0.6 is 0 Å². The summed E-state index contributed by atoms with van der Waals surface area (Å²) in [6, 6.07) is 1.83. The van der Waals surface area contributed by atoms with Gasteiger partial charge in [-0.05, 0) is 19.9 Å². The predicted molar refractivity (Wildman–Crippen MR) is 58.9 cm³/mol. The van der Waals surface area contributed by atoms with Crippen molar-refractivity contribution in [3.8, 4) is 0 Å². The van der Waals surface area contributed by atoms with E-state index in [1.807, 2.05) is 31.0 Å². The van der Waals surface area contributed by atoms with Crippen LogP contribution in [0.15, 0.2) is 18.5 Å². The lowest BCUT2D eigenvalue weighted by Gasteiger charge is -2.34. The van der Waals surface area contributed by atoms with Gasteiger partial charge in [-0.25, -0.2) is 0 Å². The molecule has 0 aromatic carbocycles. The van der Waals surface area contributed by atoms with Gasteiger partial charge in [0.15, 0.2) is 0 Å². The molecule has 5 heteroatoms. The van der Waals surface area contributed by atoms with Gasteiger partial charge < -0.3 is 9.64 Å². The topological polar surface area (TPSA) is 47.4 Å².